The van der Waals surface area contributed by atoms with E-state index < -0.39 is 12.0 Å². The zero-order valence-electron chi connectivity index (χ0n) is 4.78. The van der Waals surface area contributed by atoms with E-state index in [0.717, 1.165) is 6.08 Å². The number of aliphatic imine (C=N–C) groups is 1. The molecule has 0 aliphatic carbocycles. The quantitative estimate of drug-likeness (QED) is 0.492. The van der Waals surface area contributed by atoms with Crippen LogP contribution >= 0.6 is 0 Å². The molecule has 0 saturated heterocycles. The normalized spacial score (nSPS) is 20.3. The van der Waals surface area contributed by atoms with Crippen LogP contribution in [0.4, 0.5) is 8.78 Å². The molecule has 0 aromatic carbocycles. The fraction of sp³-hybridized carbons (Fsp3) is 0.200. The lowest BCUT2D eigenvalue weighted by atomic mass is 10.3. The summed E-state index contributed by atoms with van der Waals surface area (Å²) < 4.78 is 24.1. The second-order valence-electron chi connectivity index (χ2n) is 1.66. The molecule has 0 atom stereocenters. The molecule has 0 bridgehead atoms. The summed E-state index contributed by atoms with van der Waals surface area (Å²) in [7, 11) is 0. The third kappa shape index (κ3) is 1.48. The molecule has 0 unspecified atom stereocenters. The Morgan fingerprint density at radius 2 is 2.22 bits per heavy atom. The molecule has 1 rings (SSSR count). The maximum Gasteiger partial charge on any atom is 0.284 e. The van der Waals surface area contributed by atoms with Gasteiger partial charge in [0.25, 0.3) is 6.09 Å². The van der Waals surface area contributed by atoms with Crippen molar-refractivity contribution >= 4 is 6.09 Å². The van der Waals surface area contributed by atoms with Gasteiger partial charge in [-0.15, -0.1) is 0 Å². The topological polar surface area (TPSA) is 24.4 Å². The van der Waals surface area contributed by atoms with Gasteiger partial charge in [0.05, 0.1) is 0 Å². The molecule has 1 N–H and O–H groups in total. The number of nitrogens with zero attached hydrogens (tertiary/aromatic N) is 1. The van der Waals surface area contributed by atoms with Crippen LogP contribution in [-0.4, -0.2) is 6.09 Å². The number of hydrogen-bond acceptors (Lipinski definition) is 2. The van der Waals surface area contributed by atoms with Crippen molar-refractivity contribution in [1.82, 2.24) is 5.32 Å². The SMILES string of the molecule is C[C]1C=C(F)NC(F)=N1. The van der Waals surface area contributed by atoms with Crippen LogP contribution in [0.15, 0.2) is 17.0 Å². The van der Waals surface area contributed by atoms with Gasteiger partial charge in [0.1, 0.15) is 6.04 Å². The van der Waals surface area contributed by atoms with Crippen molar-refractivity contribution in [2.75, 3.05) is 0 Å². The Morgan fingerprint density at radius 3 is 2.67 bits per heavy atom. The van der Waals surface area contributed by atoms with Gasteiger partial charge in [-0.2, -0.15) is 8.78 Å². The number of hydrogen-bond donors (Lipinski definition) is 1. The third-order valence-corrected chi connectivity index (χ3v) is 0.833. The van der Waals surface area contributed by atoms with Crippen LogP contribution in [0.5, 0.6) is 0 Å². The predicted molar refractivity (Wildman–Crippen MR) is 29.8 cm³/mol. The van der Waals surface area contributed by atoms with Crippen LogP contribution in [0.3, 0.4) is 0 Å². The highest BCUT2D eigenvalue weighted by molar-refractivity contribution is 5.76. The van der Waals surface area contributed by atoms with E-state index in [1.54, 1.807) is 5.32 Å². The first-order valence-corrected chi connectivity index (χ1v) is 2.40. The van der Waals surface area contributed by atoms with Crippen LogP contribution in [0, 0.1) is 6.04 Å². The van der Waals surface area contributed by atoms with Gasteiger partial charge in [-0.25, -0.2) is 4.99 Å². The third-order valence-electron chi connectivity index (χ3n) is 0.833. The van der Waals surface area contributed by atoms with Gasteiger partial charge >= 0.3 is 0 Å². The average Bonchev–Trinajstić information content (AvgIpc) is 1.59. The molecule has 1 aliphatic rings. The largest absolute Gasteiger partial charge is 0.293 e. The summed E-state index contributed by atoms with van der Waals surface area (Å²) in [5.74, 6) is -0.708. The van der Waals surface area contributed by atoms with E-state index in [4.69, 9.17) is 0 Å². The summed E-state index contributed by atoms with van der Waals surface area (Å²) >= 11 is 0. The average molecular weight is 131 g/mol. The summed E-state index contributed by atoms with van der Waals surface area (Å²) in [6.07, 6.45) is 0.218. The van der Waals surface area contributed by atoms with Crippen LogP contribution in [0.1, 0.15) is 6.92 Å². The van der Waals surface area contributed by atoms with Gasteiger partial charge in [-0.05, 0) is 13.0 Å². The van der Waals surface area contributed by atoms with E-state index in [1.807, 2.05) is 0 Å². The van der Waals surface area contributed by atoms with Gasteiger partial charge in [-0.1, -0.05) is 0 Å². The molecule has 2 nitrogen and oxygen atoms in total. The van der Waals surface area contributed by atoms with Crippen molar-refractivity contribution in [2.24, 2.45) is 4.99 Å². The molecule has 49 valence electrons. The number of amidine groups is 1. The highest BCUT2D eigenvalue weighted by atomic mass is 19.1. The van der Waals surface area contributed by atoms with E-state index in [1.165, 1.54) is 6.92 Å². The Labute approximate surface area is 51.3 Å². The molecule has 0 saturated carbocycles. The van der Waals surface area contributed by atoms with Crippen LogP contribution in [0.25, 0.3) is 0 Å². The fourth-order valence-electron chi connectivity index (χ4n) is 0.533. The van der Waals surface area contributed by atoms with E-state index in [9.17, 15) is 8.78 Å². The molecular formula is C5H5F2N2. The van der Waals surface area contributed by atoms with Crippen molar-refractivity contribution in [1.29, 1.82) is 0 Å². The molecule has 0 aromatic heterocycles. The minimum atomic E-state index is -0.896. The molecule has 1 radical (unpaired) electrons. The number of rotatable bonds is 0. The number of halogens is 2. The standard InChI is InChI=1S/C5H5F2N2/c1-3-2-4(6)9-5(7)8-3/h2H,1H3,(H,8,9). The lowest BCUT2D eigenvalue weighted by Crippen LogP contribution is -2.20. The molecule has 9 heavy (non-hydrogen) atoms. The van der Waals surface area contributed by atoms with Gasteiger partial charge in [-0.3, -0.25) is 5.32 Å². The first-order valence-electron chi connectivity index (χ1n) is 2.40. The maximum atomic E-state index is 12.1. The van der Waals surface area contributed by atoms with Crippen LogP contribution < -0.4 is 5.32 Å². The van der Waals surface area contributed by atoms with Gasteiger partial charge in [0.15, 0.2) is 5.95 Å². The molecule has 1 aliphatic heterocycles. The monoisotopic (exact) mass is 131 g/mol. The summed E-state index contributed by atoms with van der Waals surface area (Å²) in [4.78, 5) is 3.27. The van der Waals surface area contributed by atoms with Crippen molar-refractivity contribution in [3.05, 3.63) is 18.1 Å². The van der Waals surface area contributed by atoms with Gasteiger partial charge < -0.3 is 0 Å². The van der Waals surface area contributed by atoms with Crippen molar-refractivity contribution < 1.29 is 8.78 Å². The van der Waals surface area contributed by atoms with E-state index in [-0.39, 0.29) is 0 Å². The zero-order valence-corrected chi connectivity index (χ0v) is 4.78. The van der Waals surface area contributed by atoms with Crippen molar-refractivity contribution in [2.45, 2.75) is 6.92 Å². The minimum absolute atomic E-state index is 0.323. The van der Waals surface area contributed by atoms with Crippen LogP contribution in [-0.2, 0) is 0 Å². The lowest BCUT2D eigenvalue weighted by molar-refractivity contribution is 0.562. The first-order chi connectivity index (χ1) is 4.18. The fourth-order valence-corrected chi connectivity index (χ4v) is 0.533. The molecular weight excluding hydrogens is 126 g/mol. The van der Waals surface area contributed by atoms with E-state index in [0.29, 0.717) is 6.04 Å². The molecule has 0 aromatic rings. The second-order valence-corrected chi connectivity index (χ2v) is 1.66. The molecule has 0 spiro atoms. The number of nitrogens with one attached hydrogen (secondary N) is 1. The molecule has 1 heterocycles. The highest BCUT2D eigenvalue weighted by Gasteiger charge is 2.10. The highest BCUT2D eigenvalue weighted by Crippen LogP contribution is 2.11. The lowest BCUT2D eigenvalue weighted by Gasteiger charge is -2.07. The van der Waals surface area contributed by atoms with E-state index in [2.05, 4.69) is 4.99 Å². The van der Waals surface area contributed by atoms with Crippen molar-refractivity contribution in [3.63, 3.8) is 0 Å². The molecule has 0 fully saturated rings. The first kappa shape index (κ1) is 6.19. The van der Waals surface area contributed by atoms with E-state index >= 15 is 0 Å². The smallest absolute Gasteiger partial charge is 0.284 e. The Morgan fingerprint density at radius 1 is 1.56 bits per heavy atom. The summed E-state index contributed by atoms with van der Waals surface area (Å²) in [6, 6.07) is 0.323. The van der Waals surface area contributed by atoms with Crippen LogP contribution in [0.2, 0.25) is 0 Å². The maximum absolute atomic E-state index is 12.1. The molecule has 4 heteroatoms. The van der Waals surface area contributed by atoms with Gasteiger partial charge in [0, 0.05) is 0 Å². The Hall–Kier alpha value is -0.930. The summed E-state index contributed by atoms with van der Waals surface area (Å²) in [6.45, 7) is 1.51. The Balaban J connectivity index is 2.69. The second kappa shape index (κ2) is 2.13. The predicted octanol–water partition coefficient (Wildman–Crippen LogP) is 1.28. The summed E-state index contributed by atoms with van der Waals surface area (Å²) in [5.41, 5.74) is 0. The summed E-state index contributed by atoms with van der Waals surface area (Å²) in [5, 5.41) is 1.77. The molecule has 0 amide bonds. The van der Waals surface area contributed by atoms with Crippen molar-refractivity contribution in [3.8, 4) is 0 Å². The Bertz CT molecular complexity index is 156. The van der Waals surface area contributed by atoms with Gasteiger partial charge in [0.2, 0.25) is 0 Å². The Kier molecular flexibility index (Phi) is 1.46. The zero-order chi connectivity index (χ0) is 6.85. The minimum Gasteiger partial charge on any atom is -0.293 e.